The molecule has 3 nitrogen and oxygen atoms in total. The Morgan fingerprint density at radius 3 is 2.64 bits per heavy atom. The number of nitrogens with one attached hydrogen (secondary N) is 1. The van der Waals surface area contributed by atoms with Crippen LogP contribution in [0.15, 0.2) is 6.07 Å². The summed E-state index contributed by atoms with van der Waals surface area (Å²) in [5.74, 6) is -0.702. The lowest BCUT2D eigenvalue weighted by molar-refractivity contribution is -0.137. The molecule has 0 fully saturated rings. The maximum absolute atomic E-state index is 10.3. The van der Waals surface area contributed by atoms with E-state index in [1.165, 1.54) is 17.0 Å². The van der Waals surface area contributed by atoms with Crippen LogP contribution >= 0.6 is 0 Å². The van der Waals surface area contributed by atoms with Crippen molar-refractivity contribution in [1.29, 1.82) is 0 Å². The van der Waals surface area contributed by atoms with Crippen molar-refractivity contribution in [1.82, 2.24) is 4.98 Å². The summed E-state index contributed by atoms with van der Waals surface area (Å²) in [5.41, 5.74) is 3.70. The van der Waals surface area contributed by atoms with Gasteiger partial charge < -0.3 is 10.1 Å². The van der Waals surface area contributed by atoms with Crippen LogP contribution in [0.3, 0.4) is 0 Å². The van der Waals surface area contributed by atoms with Gasteiger partial charge in [0.15, 0.2) is 0 Å². The standard InChI is InChI=1S/C11H17NO2/c1-8-7-10(9(2)12-8)5-3-4-6-11(13)14/h7,12H,3-6H2,1-2H3,(H,13,14). The molecule has 0 unspecified atom stereocenters. The molecule has 0 atom stereocenters. The van der Waals surface area contributed by atoms with Crippen LogP contribution in [0.5, 0.6) is 0 Å². The highest BCUT2D eigenvalue weighted by atomic mass is 16.4. The average Bonchev–Trinajstić information content (AvgIpc) is 2.39. The summed E-state index contributed by atoms with van der Waals surface area (Å²) >= 11 is 0. The molecule has 78 valence electrons. The van der Waals surface area contributed by atoms with Crippen molar-refractivity contribution in [3.05, 3.63) is 23.0 Å². The Kier molecular flexibility index (Phi) is 3.74. The first-order valence-electron chi connectivity index (χ1n) is 4.96. The summed E-state index contributed by atoms with van der Waals surface area (Å²) in [5, 5.41) is 8.46. The molecule has 3 heteroatoms. The maximum atomic E-state index is 10.3. The molecule has 1 rings (SSSR count). The fourth-order valence-electron chi connectivity index (χ4n) is 1.63. The molecule has 0 aliphatic carbocycles. The fourth-order valence-corrected chi connectivity index (χ4v) is 1.63. The van der Waals surface area contributed by atoms with Crippen molar-refractivity contribution in [2.75, 3.05) is 0 Å². The zero-order valence-electron chi connectivity index (χ0n) is 8.76. The van der Waals surface area contributed by atoms with E-state index < -0.39 is 5.97 Å². The lowest BCUT2D eigenvalue weighted by Crippen LogP contribution is -1.95. The minimum absolute atomic E-state index is 0.280. The monoisotopic (exact) mass is 195 g/mol. The molecule has 0 bridgehead atoms. The number of carbonyl (C=O) groups is 1. The van der Waals surface area contributed by atoms with Gasteiger partial charge in [0.1, 0.15) is 0 Å². The summed E-state index contributed by atoms with van der Waals surface area (Å²) in [6.07, 6.45) is 2.97. The van der Waals surface area contributed by atoms with Gasteiger partial charge in [-0.1, -0.05) is 0 Å². The van der Waals surface area contributed by atoms with Gasteiger partial charge in [-0.25, -0.2) is 0 Å². The SMILES string of the molecule is Cc1cc(CCCCC(=O)O)c(C)[nH]1. The molecule has 0 aliphatic heterocycles. The van der Waals surface area contributed by atoms with Crippen molar-refractivity contribution in [3.8, 4) is 0 Å². The molecule has 0 radical (unpaired) electrons. The summed E-state index contributed by atoms with van der Waals surface area (Å²) in [7, 11) is 0. The topological polar surface area (TPSA) is 53.1 Å². The Hall–Kier alpha value is -1.25. The highest BCUT2D eigenvalue weighted by Gasteiger charge is 2.02. The number of carboxylic acids is 1. The molecule has 0 saturated heterocycles. The number of hydrogen-bond donors (Lipinski definition) is 2. The fraction of sp³-hybridized carbons (Fsp3) is 0.545. The molecule has 1 heterocycles. The third-order valence-electron chi connectivity index (χ3n) is 2.34. The van der Waals surface area contributed by atoms with Gasteiger partial charge in [-0.2, -0.15) is 0 Å². The highest BCUT2D eigenvalue weighted by Crippen LogP contribution is 2.13. The number of aryl methyl sites for hydroxylation is 3. The zero-order valence-corrected chi connectivity index (χ0v) is 8.76. The van der Waals surface area contributed by atoms with Crippen molar-refractivity contribution in [3.63, 3.8) is 0 Å². The largest absolute Gasteiger partial charge is 0.481 e. The normalized spacial score (nSPS) is 10.4. The van der Waals surface area contributed by atoms with Gasteiger partial charge >= 0.3 is 5.97 Å². The van der Waals surface area contributed by atoms with Crippen LogP contribution in [0.2, 0.25) is 0 Å². The first kappa shape index (κ1) is 10.8. The van der Waals surface area contributed by atoms with Gasteiger partial charge in [-0.3, -0.25) is 4.79 Å². The van der Waals surface area contributed by atoms with E-state index >= 15 is 0 Å². The minimum atomic E-state index is -0.702. The number of aromatic nitrogens is 1. The molecule has 0 saturated carbocycles. The highest BCUT2D eigenvalue weighted by molar-refractivity contribution is 5.66. The summed E-state index contributed by atoms with van der Waals surface area (Å²) in [6.45, 7) is 4.09. The van der Waals surface area contributed by atoms with Crippen LogP contribution in [0.4, 0.5) is 0 Å². The van der Waals surface area contributed by atoms with Crippen molar-refractivity contribution in [2.24, 2.45) is 0 Å². The van der Waals surface area contributed by atoms with Gasteiger partial charge in [-0.15, -0.1) is 0 Å². The smallest absolute Gasteiger partial charge is 0.303 e. The van der Waals surface area contributed by atoms with E-state index in [1.807, 2.05) is 6.92 Å². The predicted octanol–water partition coefficient (Wildman–Crippen LogP) is 2.43. The molecule has 1 aromatic rings. The Balaban J connectivity index is 2.31. The zero-order chi connectivity index (χ0) is 10.6. The van der Waals surface area contributed by atoms with Crippen LogP contribution in [0.1, 0.15) is 36.2 Å². The maximum Gasteiger partial charge on any atom is 0.303 e. The second-order valence-corrected chi connectivity index (χ2v) is 3.70. The quantitative estimate of drug-likeness (QED) is 0.709. The number of carboxylic acid groups (broad SMARTS) is 1. The van der Waals surface area contributed by atoms with Crippen LogP contribution in [0, 0.1) is 13.8 Å². The van der Waals surface area contributed by atoms with Gasteiger partial charge in [0.25, 0.3) is 0 Å². The summed E-state index contributed by atoms with van der Waals surface area (Å²) < 4.78 is 0. The molecular weight excluding hydrogens is 178 g/mol. The lowest BCUT2D eigenvalue weighted by Gasteiger charge is -1.98. The summed E-state index contributed by atoms with van der Waals surface area (Å²) in [6, 6.07) is 2.14. The first-order chi connectivity index (χ1) is 6.59. The number of aromatic amines is 1. The summed E-state index contributed by atoms with van der Waals surface area (Å²) in [4.78, 5) is 13.5. The van der Waals surface area contributed by atoms with Crippen molar-refractivity contribution in [2.45, 2.75) is 39.5 Å². The van der Waals surface area contributed by atoms with E-state index in [-0.39, 0.29) is 6.42 Å². The third kappa shape index (κ3) is 3.24. The van der Waals surface area contributed by atoms with Crippen LogP contribution in [-0.4, -0.2) is 16.1 Å². The lowest BCUT2D eigenvalue weighted by atomic mass is 10.1. The van der Waals surface area contributed by atoms with E-state index in [9.17, 15) is 4.79 Å². The van der Waals surface area contributed by atoms with Crippen molar-refractivity contribution < 1.29 is 9.90 Å². The Morgan fingerprint density at radius 2 is 2.14 bits per heavy atom. The number of aliphatic carboxylic acids is 1. The Bertz CT molecular complexity index is 315. The van der Waals surface area contributed by atoms with Crippen molar-refractivity contribution >= 4 is 5.97 Å². The minimum Gasteiger partial charge on any atom is -0.481 e. The number of rotatable bonds is 5. The van der Waals surface area contributed by atoms with Gasteiger partial charge in [-0.05, 0) is 44.7 Å². The second-order valence-electron chi connectivity index (χ2n) is 3.70. The van der Waals surface area contributed by atoms with Gasteiger partial charge in [0, 0.05) is 17.8 Å². The van der Waals surface area contributed by atoms with E-state index in [1.54, 1.807) is 0 Å². The number of hydrogen-bond acceptors (Lipinski definition) is 1. The Morgan fingerprint density at radius 1 is 1.43 bits per heavy atom. The molecule has 0 spiro atoms. The number of H-pyrrole nitrogens is 1. The molecule has 14 heavy (non-hydrogen) atoms. The van der Waals surface area contributed by atoms with E-state index in [2.05, 4.69) is 18.0 Å². The molecule has 1 aromatic heterocycles. The Labute approximate surface area is 84.2 Å². The van der Waals surface area contributed by atoms with Crippen LogP contribution in [0.25, 0.3) is 0 Å². The van der Waals surface area contributed by atoms with Gasteiger partial charge in [0.05, 0.1) is 0 Å². The third-order valence-corrected chi connectivity index (χ3v) is 2.34. The van der Waals surface area contributed by atoms with E-state index in [0.717, 1.165) is 19.3 Å². The molecule has 0 aliphatic rings. The van der Waals surface area contributed by atoms with Crippen LogP contribution < -0.4 is 0 Å². The first-order valence-corrected chi connectivity index (χ1v) is 4.96. The molecule has 2 N–H and O–H groups in total. The van der Waals surface area contributed by atoms with E-state index in [0.29, 0.717) is 0 Å². The molecule has 0 aromatic carbocycles. The second kappa shape index (κ2) is 4.84. The average molecular weight is 195 g/mol. The molecule has 0 amide bonds. The number of unbranched alkanes of at least 4 members (excludes halogenated alkanes) is 1. The molecular formula is C11H17NO2. The predicted molar refractivity (Wildman–Crippen MR) is 55.5 cm³/mol. The van der Waals surface area contributed by atoms with Crippen LogP contribution in [-0.2, 0) is 11.2 Å². The van der Waals surface area contributed by atoms with Gasteiger partial charge in [0.2, 0.25) is 0 Å². The van der Waals surface area contributed by atoms with E-state index in [4.69, 9.17) is 5.11 Å².